The molecule has 3 heterocycles. The lowest BCUT2D eigenvalue weighted by atomic mass is 10.0. The predicted molar refractivity (Wildman–Crippen MR) is 85.5 cm³/mol. The zero-order chi connectivity index (χ0) is 15.5. The van der Waals surface area contributed by atoms with Gasteiger partial charge in [0.25, 0.3) is 0 Å². The van der Waals surface area contributed by atoms with Crippen LogP contribution in [0.5, 0.6) is 0 Å². The minimum atomic E-state index is 0.255. The number of nitrogens with zero attached hydrogens (tertiary/aromatic N) is 4. The monoisotopic (exact) mass is 305 g/mol. The molecule has 2 saturated heterocycles. The van der Waals surface area contributed by atoms with Crippen molar-refractivity contribution in [2.75, 3.05) is 32.7 Å². The van der Waals surface area contributed by atoms with Gasteiger partial charge in [0.15, 0.2) is 0 Å². The van der Waals surface area contributed by atoms with Crippen LogP contribution in [0.4, 0.5) is 0 Å². The Kier molecular flexibility index (Phi) is 4.78. The van der Waals surface area contributed by atoms with E-state index in [1.54, 1.807) is 0 Å². The zero-order valence-corrected chi connectivity index (χ0v) is 13.7. The molecule has 1 atom stereocenters. The largest absolute Gasteiger partial charge is 0.336 e. The van der Waals surface area contributed by atoms with Gasteiger partial charge < -0.3 is 10.2 Å². The van der Waals surface area contributed by atoms with Crippen molar-refractivity contribution in [3.8, 4) is 0 Å². The molecule has 0 saturated carbocycles. The third kappa shape index (κ3) is 3.33. The Balaban J connectivity index is 1.63. The van der Waals surface area contributed by atoms with Gasteiger partial charge in [-0.2, -0.15) is 5.10 Å². The van der Waals surface area contributed by atoms with Crippen molar-refractivity contribution in [1.29, 1.82) is 0 Å². The van der Waals surface area contributed by atoms with Crippen LogP contribution in [0.3, 0.4) is 0 Å². The molecule has 1 unspecified atom stereocenters. The summed E-state index contributed by atoms with van der Waals surface area (Å²) in [6.45, 7) is 9.61. The molecule has 0 aliphatic carbocycles. The molecule has 0 radical (unpaired) electrons. The van der Waals surface area contributed by atoms with E-state index in [0.717, 1.165) is 45.6 Å². The van der Waals surface area contributed by atoms with Gasteiger partial charge in [-0.1, -0.05) is 0 Å². The molecule has 2 aliphatic heterocycles. The average molecular weight is 305 g/mol. The van der Waals surface area contributed by atoms with Gasteiger partial charge in [-0.3, -0.25) is 14.4 Å². The first-order chi connectivity index (χ1) is 10.6. The summed E-state index contributed by atoms with van der Waals surface area (Å²) in [5.74, 6) is 0.255. The van der Waals surface area contributed by atoms with Gasteiger partial charge in [0.1, 0.15) is 0 Å². The van der Waals surface area contributed by atoms with E-state index in [2.05, 4.69) is 44.8 Å². The lowest BCUT2D eigenvalue weighted by molar-refractivity contribution is -0.135. The highest BCUT2D eigenvalue weighted by Gasteiger charge is 2.30. The highest BCUT2D eigenvalue weighted by molar-refractivity contribution is 5.79. The second kappa shape index (κ2) is 6.79. The van der Waals surface area contributed by atoms with E-state index in [-0.39, 0.29) is 5.91 Å². The summed E-state index contributed by atoms with van der Waals surface area (Å²) < 4.78 is 2.10. The van der Waals surface area contributed by atoms with E-state index in [9.17, 15) is 4.79 Å². The summed E-state index contributed by atoms with van der Waals surface area (Å²) in [5, 5.41) is 7.57. The van der Waals surface area contributed by atoms with Crippen LogP contribution in [0.2, 0.25) is 0 Å². The molecule has 3 rings (SSSR count). The molecule has 0 bridgehead atoms. The number of nitrogens with one attached hydrogen (secondary N) is 1. The third-order valence-electron chi connectivity index (χ3n) is 4.67. The van der Waals surface area contributed by atoms with Gasteiger partial charge in [0, 0.05) is 44.5 Å². The van der Waals surface area contributed by atoms with E-state index < -0.39 is 0 Å². The highest BCUT2D eigenvalue weighted by Crippen LogP contribution is 2.19. The maximum Gasteiger partial charge on any atom is 0.236 e. The SMILES string of the molecule is CC(C)n1nccc1CN1CCCC(N2CCNCC2=O)C1. The molecule has 6 nitrogen and oxygen atoms in total. The van der Waals surface area contributed by atoms with Crippen LogP contribution < -0.4 is 5.32 Å². The van der Waals surface area contributed by atoms with Gasteiger partial charge in [0.2, 0.25) is 5.91 Å². The Hall–Kier alpha value is -1.40. The molecule has 22 heavy (non-hydrogen) atoms. The van der Waals surface area contributed by atoms with Crippen LogP contribution in [0, 0.1) is 0 Å². The lowest BCUT2D eigenvalue weighted by Crippen LogP contribution is -2.56. The van der Waals surface area contributed by atoms with Crippen molar-refractivity contribution in [1.82, 2.24) is 24.9 Å². The molecule has 1 aromatic heterocycles. The normalized spacial score (nSPS) is 24.2. The van der Waals surface area contributed by atoms with E-state index in [1.807, 2.05) is 6.20 Å². The summed E-state index contributed by atoms with van der Waals surface area (Å²) >= 11 is 0. The van der Waals surface area contributed by atoms with Crippen LogP contribution in [0.15, 0.2) is 12.3 Å². The molecular formula is C16H27N5O. The molecule has 1 N–H and O–H groups in total. The van der Waals surface area contributed by atoms with Gasteiger partial charge in [0.05, 0.1) is 12.2 Å². The Morgan fingerprint density at radius 3 is 3.05 bits per heavy atom. The van der Waals surface area contributed by atoms with Crippen molar-refractivity contribution < 1.29 is 4.79 Å². The first-order valence-electron chi connectivity index (χ1n) is 8.40. The zero-order valence-electron chi connectivity index (χ0n) is 13.7. The van der Waals surface area contributed by atoms with Crippen molar-refractivity contribution >= 4 is 5.91 Å². The molecule has 0 aromatic carbocycles. The number of likely N-dealkylation sites (tertiary alicyclic amines) is 1. The Morgan fingerprint density at radius 2 is 2.27 bits per heavy atom. The molecule has 122 valence electrons. The first-order valence-corrected chi connectivity index (χ1v) is 8.40. The summed E-state index contributed by atoms with van der Waals surface area (Å²) in [6.07, 6.45) is 4.18. The molecule has 1 amide bonds. The summed E-state index contributed by atoms with van der Waals surface area (Å²) in [6, 6.07) is 2.87. The number of carbonyl (C=O) groups excluding carboxylic acids is 1. The van der Waals surface area contributed by atoms with E-state index in [4.69, 9.17) is 0 Å². The topological polar surface area (TPSA) is 53.4 Å². The molecule has 0 spiro atoms. The minimum Gasteiger partial charge on any atom is -0.336 e. The second-order valence-corrected chi connectivity index (χ2v) is 6.66. The smallest absolute Gasteiger partial charge is 0.236 e. The fourth-order valence-electron chi connectivity index (χ4n) is 3.60. The standard InChI is InChI=1S/C16H27N5O/c1-13(2)21-15(5-6-18-21)12-19-8-3-4-14(11-19)20-9-7-17-10-16(20)22/h5-6,13-14,17H,3-4,7-12H2,1-2H3. The number of piperazine rings is 1. The average Bonchev–Trinajstić information content (AvgIpc) is 2.96. The predicted octanol–water partition coefficient (Wildman–Crippen LogP) is 0.860. The lowest BCUT2D eigenvalue weighted by Gasteiger charge is -2.41. The van der Waals surface area contributed by atoms with Crippen LogP contribution in [0.1, 0.15) is 38.4 Å². The van der Waals surface area contributed by atoms with Crippen molar-refractivity contribution in [2.45, 2.75) is 45.3 Å². The van der Waals surface area contributed by atoms with Crippen molar-refractivity contribution in [2.24, 2.45) is 0 Å². The Morgan fingerprint density at radius 1 is 1.41 bits per heavy atom. The quantitative estimate of drug-likeness (QED) is 0.896. The Labute approximate surface area is 132 Å². The van der Waals surface area contributed by atoms with E-state index >= 15 is 0 Å². The number of carbonyl (C=O) groups is 1. The maximum atomic E-state index is 12.1. The van der Waals surface area contributed by atoms with Gasteiger partial charge >= 0.3 is 0 Å². The van der Waals surface area contributed by atoms with Crippen molar-refractivity contribution in [3.63, 3.8) is 0 Å². The number of aromatic nitrogens is 2. The van der Waals surface area contributed by atoms with Gasteiger partial charge in [-0.05, 0) is 39.3 Å². The van der Waals surface area contributed by atoms with Crippen LogP contribution >= 0.6 is 0 Å². The fraction of sp³-hybridized carbons (Fsp3) is 0.750. The number of piperidine rings is 1. The second-order valence-electron chi connectivity index (χ2n) is 6.66. The van der Waals surface area contributed by atoms with E-state index in [1.165, 1.54) is 5.69 Å². The molecule has 6 heteroatoms. The summed E-state index contributed by atoms with van der Waals surface area (Å²) in [7, 11) is 0. The van der Waals surface area contributed by atoms with Gasteiger partial charge in [-0.15, -0.1) is 0 Å². The van der Waals surface area contributed by atoms with Crippen LogP contribution in [0.25, 0.3) is 0 Å². The number of hydrogen-bond donors (Lipinski definition) is 1. The Bertz CT molecular complexity index is 512. The van der Waals surface area contributed by atoms with Gasteiger partial charge in [-0.25, -0.2) is 0 Å². The number of amides is 1. The van der Waals surface area contributed by atoms with Crippen molar-refractivity contribution in [3.05, 3.63) is 18.0 Å². The third-order valence-corrected chi connectivity index (χ3v) is 4.67. The number of hydrogen-bond acceptors (Lipinski definition) is 4. The summed E-state index contributed by atoms with van der Waals surface area (Å²) in [4.78, 5) is 16.6. The van der Waals surface area contributed by atoms with Crippen LogP contribution in [-0.4, -0.2) is 64.3 Å². The maximum absolute atomic E-state index is 12.1. The number of rotatable bonds is 4. The molecular weight excluding hydrogens is 278 g/mol. The molecule has 2 aliphatic rings. The molecule has 1 aromatic rings. The molecule has 2 fully saturated rings. The highest BCUT2D eigenvalue weighted by atomic mass is 16.2. The van der Waals surface area contributed by atoms with E-state index in [0.29, 0.717) is 18.6 Å². The summed E-state index contributed by atoms with van der Waals surface area (Å²) in [5.41, 5.74) is 1.27. The van der Waals surface area contributed by atoms with Crippen LogP contribution in [-0.2, 0) is 11.3 Å². The first kappa shape index (κ1) is 15.5. The minimum absolute atomic E-state index is 0.255. The fourth-order valence-corrected chi connectivity index (χ4v) is 3.60.